The van der Waals surface area contributed by atoms with Crippen LogP contribution >= 0.6 is 0 Å². The standard InChI is InChI=1S/C28H32O4S/c1-20-17-27(2,3)19-28(18-20,21-5-9-23(31-4)10-6-21)22-7-11-24(12-8-22)32-25-13-15-26(16-14-25)33(29)30/h5-16,20,33H,17-19H2,1-4H3. The molecule has 0 aliphatic heterocycles. The molecule has 1 aliphatic rings. The van der Waals surface area contributed by atoms with Crippen molar-refractivity contribution in [3.63, 3.8) is 0 Å². The molecular formula is C28H32O4S. The average molecular weight is 465 g/mol. The lowest BCUT2D eigenvalue weighted by Gasteiger charge is -2.48. The van der Waals surface area contributed by atoms with Crippen LogP contribution in [0.3, 0.4) is 0 Å². The van der Waals surface area contributed by atoms with Gasteiger partial charge in [-0.2, -0.15) is 0 Å². The largest absolute Gasteiger partial charge is 0.497 e. The van der Waals surface area contributed by atoms with Crippen molar-refractivity contribution in [3.05, 3.63) is 83.9 Å². The lowest BCUT2D eigenvalue weighted by molar-refractivity contribution is 0.127. The lowest BCUT2D eigenvalue weighted by Crippen LogP contribution is -2.41. The van der Waals surface area contributed by atoms with Crippen LogP contribution in [0, 0.1) is 11.3 Å². The Balaban J connectivity index is 1.67. The Bertz CT molecular complexity index is 1150. The molecule has 33 heavy (non-hydrogen) atoms. The third kappa shape index (κ3) is 5.09. The van der Waals surface area contributed by atoms with Gasteiger partial charge in [0, 0.05) is 5.41 Å². The maximum absolute atomic E-state index is 11.1. The molecule has 0 aromatic heterocycles. The highest BCUT2D eigenvalue weighted by molar-refractivity contribution is 7.72. The van der Waals surface area contributed by atoms with E-state index in [1.165, 1.54) is 17.5 Å². The van der Waals surface area contributed by atoms with Crippen LogP contribution in [0.2, 0.25) is 0 Å². The number of benzene rings is 3. The Morgan fingerprint density at radius 1 is 0.758 bits per heavy atom. The smallest absolute Gasteiger partial charge is 0.168 e. The van der Waals surface area contributed by atoms with Crippen LogP contribution in [-0.2, 0) is 16.1 Å². The predicted octanol–water partition coefficient (Wildman–Crippen LogP) is 6.59. The van der Waals surface area contributed by atoms with Gasteiger partial charge >= 0.3 is 0 Å². The van der Waals surface area contributed by atoms with Crippen molar-refractivity contribution in [1.82, 2.24) is 0 Å². The summed E-state index contributed by atoms with van der Waals surface area (Å²) >= 11 is 0. The molecule has 2 atom stereocenters. The second-order valence-corrected chi connectivity index (χ2v) is 11.1. The van der Waals surface area contributed by atoms with Gasteiger partial charge in [-0.1, -0.05) is 45.0 Å². The van der Waals surface area contributed by atoms with Gasteiger partial charge in [0.2, 0.25) is 0 Å². The van der Waals surface area contributed by atoms with Gasteiger partial charge in [0.15, 0.2) is 10.7 Å². The van der Waals surface area contributed by atoms with Crippen molar-refractivity contribution in [2.45, 2.75) is 50.3 Å². The minimum atomic E-state index is -2.59. The molecule has 2 unspecified atom stereocenters. The zero-order valence-corrected chi connectivity index (χ0v) is 20.6. The molecule has 0 spiro atoms. The van der Waals surface area contributed by atoms with Crippen LogP contribution in [-0.4, -0.2) is 15.5 Å². The van der Waals surface area contributed by atoms with E-state index < -0.39 is 10.7 Å². The van der Waals surface area contributed by atoms with E-state index in [2.05, 4.69) is 57.2 Å². The molecular weight excluding hydrogens is 432 g/mol. The van der Waals surface area contributed by atoms with Gasteiger partial charge in [0.1, 0.15) is 17.2 Å². The second-order valence-electron chi connectivity index (χ2n) is 10.0. The Labute approximate surface area is 198 Å². The Morgan fingerprint density at radius 3 is 1.70 bits per heavy atom. The average Bonchev–Trinajstić information content (AvgIpc) is 2.78. The molecule has 1 saturated carbocycles. The highest BCUT2D eigenvalue weighted by Gasteiger charge is 2.45. The number of ether oxygens (including phenoxy) is 2. The van der Waals surface area contributed by atoms with Gasteiger partial charge < -0.3 is 9.47 Å². The third-order valence-electron chi connectivity index (χ3n) is 6.71. The molecule has 3 aromatic carbocycles. The van der Waals surface area contributed by atoms with E-state index in [1.54, 1.807) is 31.4 Å². The fourth-order valence-electron chi connectivity index (χ4n) is 5.70. The third-order valence-corrected chi connectivity index (χ3v) is 7.43. The number of hydrogen-bond acceptors (Lipinski definition) is 4. The van der Waals surface area contributed by atoms with Crippen LogP contribution in [0.4, 0.5) is 0 Å². The van der Waals surface area contributed by atoms with Gasteiger partial charge in [-0.25, -0.2) is 8.42 Å². The van der Waals surface area contributed by atoms with Crippen LogP contribution < -0.4 is 9.47 Å². The van der Waals surface area contributed by atoms with Crippen molar-refractivity contribution in [1.29, 1.82) is 0 Å². The summed E-state index contributed by atoms with van der Waals surface area (Å²) in [6, 6.07) is 23.4. The zero-order valence-electron chi connectivity index (χ0n) is 19.7. The molecule has 0 amide bonds. The zero-order chi connectivity index (χ0) is 23.6. The number of methoxy groups -OCH3 is 1. The van der Waals surface area contributed by atoms with Crippen LogP contribution in [0.15, 0.2) is 77.7 Å². The molecule has 1 aliphatic carbocycles. The first-order valence-electron chi connectivity index (χ1n) is 11.4. The summed E-state index contributed by atoms with van der Waals surface area (Å²) in [6.45, 7) is 7.10. The monoisotopic (exact) mass is 464 g/mol. The summed E-state index contributed by atoms with van der Waals surface area (Å²) in [5.74, 6) is 2.82. The Morgan fingerprint density at radius 2 is 1.24 bits per heavy atom. The van der Waals surface area contributed by atoms with E-state index >= 15 is 0 Å². The number of rotatable bonds is 6. The summed E-state index contributed by atoms with van der Waals surface area (Å²) in [4.78, 5) is 0.281. The summed E-state index contributed by atoms with van der Waals surface area (Å²) in [5, 5.41) is 0. The first kappa shape index (κ1) is 23.4. The molecule has 0 radical (unpaired) electrons. The quantitative estimate of drug-likeness (QED) is 0.418. The van der Waals surface area contributed by atoms with Crippen LogP contribution in [0.25, 0.3) is 0 Å². The maximum Gasteiger partial charge on any atom is 0.168 e. The Kier molecular flexibility index (Phi) is 6.53. The number of thiol groups is 1. The van der Waals surface area contributed by atoms with Gasteiger partial charge in [-0.3, -0.25) is 0 Å². The molecule has 4 rings (SSSR count). The van der Waals surface area contributed by atoms with Crippen molar-refractivity contribution in [3.8, 4) is 17.2 Å². The first-order valence-corrected chi connectivity index (χ1v) is 12.6. The van der Waals surface area contributed by atoms with Gasteiger partial charge in [-0.05, 0) is 90.3 Å². The molecule has 4 nitrogen and oxygen atoms in total. The van der Waals surface area contributed by atoms with E-state index in [1.807, 2.05) is 12.1 Å². The molecule has 174 valence electrons. The second kappa shape index (κ2) is 9.22. The highest BCUT2D eigenvalue weighted by atomic mass is 32.2. The van der Waals surface area contributed by atoms with E-state index in [0.717, 1.165) is 24.3 Å². The fraction of sp³-hybridized carbons (Fsp3) is 0.357. The fourth-order valence-corrected chi connectivity index (χ4v) is 6.09. The molecule has 0 heterocycles. The first-order chi connectivity index (χ1) is 15.7. The predicted molar refractivity (Wildman–Crippen MR) is 132 cm³/mol. The van der Waals surface area contributed by atoms with Crippen LogP contribution in [0.1, 0.15) is 51.2 Å². The molecule has 0 N–H and O–H groups in total. The number of hydrogen-bond donors (Lipinski definition) is 1. The minimum absolute atomic E-state index is 0.0763. The summed E-state index contributed by atoms with van der Waals surface area (Å²) < 4.78 is 33.6. The van der Waals surface area contributed by atoms with Crippen molar-refractivity contribution < 1.29 is 17.9 Å². The lowest BCUT2D eigenvalue weighted by atomic mass is 9.55. The molecule has 5 heteroatoms. The summed E-state index contributed by atoms with van der Waals surface area (Å²) in [5.41, 5.74) is 2.77. The maximum atomic E-state index is 11.1. The summed E-state index contributed by atoms with van der Waals surface area (Å²) in [6.07, 6.45) is 3.39. The van der Waals surface area contributed by atoms with E-state index in [4.69, 9.17) is 9.47 Å². The van der Waals surface area contributed by atoms with E-state index in [0.29, 0.717) is 11.7 Å². The van der Waals surface area contributed by atoms with Crippen molar-refractivity contribution in [2.24, 2.45) is 11.3 Å². The van der Waals surface area contributed by atoms with Gasteiger partial charge in [0.05, 0.1) is 12.0 Å². The molecule has 0 saturated heterocycles. The van der Waals surface area contributed by atoms with Gasteiger partial charge in [-0.15, -0.1) is 0 Å². The van der Waals surface area contributed by atoms with Crippen molar-refractivity contribution in [2.75, 3.05) is 7.11 Å². The van der Waals surface area contributed by atoms with E-state index in [-0.39, 0.29) is 15.7 Å². The normalized spacial score (nSPS) is 22.2. The topological polar surface area (TPSA) is 52.6 Å². The van der Waals surface area contributed by atoms with Crippen molar-refractivity contribution >= 4 is 10.7 Å². The highest BCUT2D eigenvalue weighted by Crippen LogP contribution is 2.53. The molecule has 3 aromatic rings. The molecule has 0 bridgehead atoms. The summed E-state index contributed by atoms with van der Waals surface area (Å²) in [7, 11) is -0.888. The Hall–Kier alpha value is -2.79. The van der Waals surface area contributed by atoms with Crippen LogP contribution in [0.5, 0.6) is 17.2 Å². The SMILES string of the molecule is COc1ccc(C2(c3ccc(Oc4ccc([SH](=O)=O)cc4)cc3)CC(C)CC(C)(C)C2)cc1. The molecule has 1 fully saturated rings. The van der Waals surface area contributed by atoms with Gasteiger partial charge in [0.25, 0.3) is 0 Å². The van der Waals surface area contributed by atoms with E-state index in [9.17, 15) is 8.42 Å². The minimum Gasteiger partial charge on any atom is -0.497 e.